The van der Waals surface area contributed by atoms with E-state index in [2.05, 4.69) is 30.4 Å². The molecule has 0 saturated heterocycles. The summed E-state index contributed by atoms with van der Waals surface area (Å²) < 4.78 is 0. The maximum atomic E-state index is 8.92. The smallest absolute Gasteiger partial charge is 0.0468 e. The van der Waals surface area contributed by atoms with Gasteiger partial charge in [-0.2, -0.15) is 0 Å². The van der Waals surface area contributed by atoms with Crippen LogP contribution in [0.1, 0.15) is 30.0 Å². The van der Waals surface area contributed by atoms with Crippen molar-refractivity contribution in [2.45, 2.75) is 32.7 Å². The Morgan fingerprint density at radius 1 is 1.31 bits per heavy atom. The lowest BCUT2D eigenvalue weighted by Gasteiger charge is -2.10. The van der Waals surface area contributed by atoms with E-state index in [1.807, 2.05) is 0 Å². The molecule has 1 aliphatic rings. The summed E-state index contributed by atoms with van der Waals surface area (Å²) in [5, 5.41) is 12.3. The Balaban J connectivity index is 1.86. The SMILES string of the molecule is CC(CO)CNCc1ccc2c(c1)CCC2. The fraction of sp³-hybridized carbons (Fsp3) is 0.571. The molecular weight excluding hydrogens is 198 g/mol. The fourth-order valence-corrected chi connectivity index (χ4v) is 2.26. The van der Waals surface area contributed by atoms with Crippen molar-refractivity contribution in [2.75, 3.05) is 13.2 Å². The van der Waals surface area contributed by atoms with E-state index in [1.54, 1.807) is 0 Å². The topological polar surface area (TPSA) is 32.3 Å². The second-order valence-corrected chi connectivity index (χ2v) is 4.88. The zero-order chi connectivity index (χ0) is 11.4. The van der Waals surface area contributed by atoms with Crippen molar-refractivity contribution in [3.05, 3.63) is 34.9 Å². The number of aliphatic hydroxyl groups excluding tert-OH is 1. The second-order valence-electron chi connectivity index (χ2n) is 4.88. The van der Waals surface area contributed by atoms with Crippen molar-refractivity contribution in [1.29, 1.82) is 0 Å². The van der Waals surface area contributed by atoms with Crippen LogP contribution in [0, 0.1) is 5.92 Å². The summed E-state index contributed by atoms with van der Waals surface area (Å²) in [4.78, 5) is 0. The highest BCUT2D eigenvalue weighted by Crippen LogP contribution is 2.22. The van der Waals surface area contributed by atoms with E-state index < -0.39 is 0 Å². The van der Waals surface area contributed by atoms with Gasteiger partial charge in [0, 0.05) is 19.7 Å². The molecule has 0 spiro atoms. The number of hydrogen-bond donors (Lipinski definition) is 2. The predicted octanol–water partition coefficient (Wildman–Crippen LogP) is 1.89. The zero-order valence-corrected chi connectivity index (χ0v) is 10.00. The molecule has 16 heavy (non-hydrogen) atoms. The third-order valence-corrected chi connectivity index (χ3v) is 3.30. The Kier molecular flexibility index (Phi) is 3.97. The average molecular weight is 219 g/mol. The molecule has 0 bridgehead atoms. The summed E-state index contributed by atoms with van der Waals surface area (Å²) >= 11 is 0. The first-order valence-corrected chi connectivity index (χ1v) is 6.22. The Bertz CT molecular complexity index is 349. The molecule has 2 rings (SSSR count). The van der Waals surface area contributed by atoms with Gasteiger partial charge in [-0.15, -0.1) is 0 Å². The molecule has 2 N–H and O–H groups in total. The molecule has 1 aliphatic carbocycles. The molecule has 0 fully saturated rings. The van der Waals surface area contributed by atoms with Crippen molar-refractivity contribution >= 4 is 0 Å². The van der Waals surface area contributed by atoms with Gasteiger partial charge in [0.1, 0.15) is 0 Å². The van der Waals surface area contributed by atoms with Crippen molar-refractivity contribution in [3.63, 3.8) is 0 Å². The van der Waals surface area contributed by atoms with E-state index in [0.29, 0.717) is 5.92 Å². The molecule has 1 aromatic rings. The predicted molar refractivity (Wildman–Crippen MR) is 66.4 cm³/mol. The number of hydrogen-bond acceptors (Lipinski definition) is 2. The Hall–Kier alpha value is -0.860. The van der Waals surface area contributed by atoms with Crippen LogP contribution in [-0.2, 0) is 19.4 Å². The second kappa shape index (κ2) is 5.46. The van der Waals surface area contributed by atoms with Gasteiger partial charge in [-0.3, -0.25) is 0 Å². The molecule has 0 aliphatic heterocycles. The highest BCUT2D eigenvalue weighted by Gasteiger charge is 2.10. The van der Waals surface area contributed by atoms with Crippen LogP contribution in [0.2, 0.25) is 0 Å². The minimum Gasteiger partial charge on any atom is -0.396 e. The van der Waals surface area contributed by atoms with E-state index in [0.717, 1.165) is 13.1 Å². The number of nitrogens with one attached hydrogen (secondary N) is 1. The molecule has 0 saturated carbocycles. The first-order chi connectivity index (χ1) is 7.79. The van der Waals surface area contributed by atoms with Gasteiger partial charge in [0.15, 0.2) is 0 Å². The molecule has 0 heterocycles. The molecule has 2 nitrogen and oxygen atoms in total. The van der Waals surface area contributed by atoms with Crippen LogP contribution in [0.3, 0.4) is 0 Å². The third-order valence-electron chi connectivity index (χ3n) is 3.30. The Morgan fingerprint density at radius 3 is 2.94 bits per heavy atom. The highest BCUT2D eigenvalue weighted by atomic mass is 16.3. The maximum Gasteiger partial charge on any atom is 0.0468 e. The average Bonchev–Trinajstić information content (AvgIpc) is 2.76. The molecule has 1 unspecified atom stereocenters. The minimum absolute atomic E-state index is 0.261. The summed E-state index contributed by atoms with van der Waals surface area (Å²) in [6.45, 7) is 4.11. The van der Waals surface area contributed by atoms with Crippen LogP contribution in [0.5, 0.6) is 0 Å². The fourth-order valence-electron chi connectivity index (χ4n) is 2.26. The Morgan fingerprint density at radius 2 is 2.12 bits per heavy atom. The lowest BCUT2D eigenvalue weighted by Crippen LogP contribution is -2.22. The summed E-state index contributed by atoms with van der Waals surface area (Å²) in [6, 6.07) is 6.83. The van der Waals surface area contributed by atoms with Crippen molar-refractivity contribution in [3.8, 4) is 0 Å². The number of aryl methyl sites for hydroxylation is 2. The van der Waals surface area contributed by atoms with Gasteiger partial charge in [-0.05, 0) is 41.9 Å². The van der Waals surface area contributed by atoms with Gasteiger partial charge < -0.3 is 10.4 Å². The number of aliphatic hydroxyl groups is 1. The monoisotopic (exact) mass is 219 g/mol. The summed E-state index contributed by atoms with van der Waals surface area (Å²) in [5.41, 5.74) is 4.44. The van der Waals surface area contributed by atoms with E-state index in [4.69, 9.17) is 5.11 Å². The number of rotatable bonds is 5. The van der Waals surface area contributed by atoms with E-state index in [9.17, 15) is 0 Å². The summed E-state index contributed by atoms with van der Waals surface area (Å²) in [6.07, 6.45) is 3.81. The van der Waals surface area contributed by atoms with Crippen molar-refractivity contribution in [1.82, 2.24) is 5.32 Å². The molecule has 0 aromatic heterocycles. The normalized spacial score (nSPS) is 16.1. The quantitative estimate of drug-likeness (QED) is 0.792. The minimum atomic E-state index is 0.261. The van der Waals surface area contributed by atoms with E-state index in [-0.39, 0.29) is 6.61 Å². The van der Waals surface area contributed by atoms with Gasteiger partial charge in [0.05, 0.1) is 0 Å². The largest absolute Gasteiger partial charge is 0.396 e. The van der Waals surface area contributed by atoms with Gasteiger partial charge in [0.2, 0.25) is 0 Å². The van der Waals surface area contributed by atoms with Crippen LogP contribution in [0.15, 0.2) is 18.2 Å². The first kappa shape index (κ1) is 11.6. The lowest BCUT2D eigenvalue weighted by molar-refractivity contribution is 0.233. The molecule has 1 atom stereocenters. The Labute approximate surface area is 97.7 Å². The van der Waals surface area contributed by atoms with Gasteiger partial charge in [-0.25, -0.2) is 0 Å². The van der Waals surface area contributed by atoms with Crippen LogP contribution in [0.25, 0.3) is 0 Å². The van der Waals surface area contributed by atoms with Crippen LogP contribution < -0.4 is 5.32 Å². The maximum absolute atomic E-state index is 8.92. The third kappa shape index (κ3) is 2.83. The van der Waals surface area contributed by atoms with Crippen molar-refractivity contribution in [2.24, 2.45) is 5.92 Å². The number of benzene rings is 1. The van der Waals surface area contributed by atoms with Crippen LogP contribution in [-0.4, -0.2) is 18.3 Å². The van der Waals surface area contributed by atoms with Gasteiger partial charge in [0.25, 0.3) is 0 Å². The summed E-state index contributed by atoms with van der Waals surface area (Å²) in [5.74, 6) is 0.342. The molecule has 88 valence electrons. The van der Waals surface area contributed by atoms with Crippen LogP contribution in [0.4, 0.5) is 0 Å². The lowest BCUT2D eigenvalue weighted by atomic mass is 10.1. The molecule has 2 heteroatoms. The molecule has 0 radical (unpaired) electrons. The standard InChI is InChI=1S/C14H21NO/c1-11(10-16)8-15-9-12-5-6-13-3-2-4-14(13)7-12/h5-7,11,15-16H,2-4,8-10H2,1H3. The molecular formula is C14H21NO. The number of fused-ring (bicyclic) bond motifs is 1. The van der Waals surface area contributed by atoms with E-state index in [1.165, 1.54) is 36.0 Å². The van der Waals surface area contributed by atoms with Crippen LogP contribution >= 0.6 is 0 Å². The first-order valence-electron chi connectivity index (χ1n) is 6.22. The van der Waals surface area contributed by atoms with Crippen molar-refractivity contribution < 1.29 is 5.11 Å². The molecule has 1 aromatic carbocycles. The summed E-state index contributed by atoms with van der Waals surface area (Å²) in [7, 11) is 0. The highest BCUT2D eigenvalue weighted by molar-refractivity contribution is 5.35. The zero-order valence-electron chi connectivity index (χ0n) is 10.00. The van der Waals surface area contributed by atoms with E-state index >= 15 is 0 Å². The van der Waals surface area contributed by atoms with Gasteiger partial charge >= 0.3 is 0 Å². The molecule has 0 amide bonds. The van der Waals surface area contributed by atoms with Gasteiger partial charge in [-0.1, -0.05) is 25.1 Å².